The number of hydrogen-bond donors (Lipinski definition) is 1. The van der Waals surface area contributed by atoms with E-state index in [1.54, 1.807) is 0 Å². The Hall–Kier alpha value is -0.860. The lowest BCUT2D eigenvalue weighted by Gasteiger charge is -2.22. The van der Waals surface area contributed by atoms with Crippen LogP contribution >= 0.6 is 0 Å². The number of aliphatic hydroxyl groups is 1. The van der Waals surface area contributed by atoms with E-state index in [4.69, 9.17) is 4.74 Å². The van der Waals surface area contributed by atoms with Gasteiger partial charge in [0.2, 0.25) is 0 Å². The van der Waals surface area contributed by atoms with Gasteiger partial charge in [0.25, 0.3) is 0 Å². The van der Waals surface area contributed by atoms with Gasteiger partial charge in [0.1, 0.15) is 0 Å². The van der Waals surface area contributed by atoms with Crippen LogP contribution in [0.15, 0.2) is 18.2 Å². The van der Waals surface area contributed by atoms with Crippen LogP contribution in [-0.2, 0) is 17.6 Å². The van der Waals surface area contributed by atoms with Gasteiger partial charge in [0.05, 0.1) is 12.2 Å². The Labute approximate surface area is 110 Å². The van der Waals surface area contributed by atoms with Gasteiger partial charge in [-0.3, -0.25) is 0 Å². The molecular weight excluding hydrogens is 224 g/mol. The summed E-state index contributed by atoms with van der Waals surface area (Å²) in [7, 11) is 0. The van der Waals surface area contributed by atoms with Gasteiger partial charge < -0.3 is 9.84 Å². The zero-order valence-corrected chi connectivity index (χ0v) is 11.6. The van der Waals surface area contributed by atoms with E-state index in [-0.39, 0.29) is 12.0 Å². The predicted octanol–water partition coefficient (Wildman–Crippen LogP) is 3.27. The number of aryl methyl sites for hydroxylation is 2. The van der Waals surface area contributed by atoms with E-state index >= 15 is 0 Å². The van der Waals surface area contributed by atoms with Crippen molar-refractivity contribution in [2.45, 2.75) is 52.2 Å². The number of aliphatic hydroxyl groups excluding tert-OH is 1. The maximum Gasteiger partial charge on any atom is 0.0843 e. The van der Waals surface area contributed by atoms with Crippen molar-refractivity contribution in [3.05, 3.63) is 34.9 Å². The molecular formula is C16H24O2. The monoisotopic (exact) mass is 248 g/mol. The Balaban J connectivity index is 2.22. The molecule has 1 N–H and O–H groups in total. The first-order valence-electron chi connectivity index (χ1n) is 7.08. The first-order chi connectivity index (χ1) is 8.67. The van der Waals surface area contributed by atoms with Crippen molar-refractivity contribution in [1.29, 1.82) is 0 Å². The van der Waals surface area contributed by atoms with Crippen LogP contribution in [0.25, 0.3) is 0 Å². The topological polar surface area (TPSA) is 29.5 Å². The lowest BCUT2D eigenvalue weighted by Crippen LogP contribution is -2.20. The molecule has 18 heavy (non-hydrogen) atoms. The van der Waals surface area contributed by atoms with E-state index in [1.807, 2.05) is 0 Å². The van der Waals surface area contributed by atoms with Gasteiger partial charge in [-0.15, -0.1) is 0 Å². The van der Waals surface area contributed by atoms with Crippen LogP contribution in [-0.4, -0.2) is 17.8 Å². The Bertz CT molecular complexity index is 400. The van der Waals surface area contributed by atoms with Crippen molar-refractivity contribution in [2.24, 2.45) is 5.92 Å². The fourth-order valence-electron chi connectivity index (χ4n) is 2.91. The molecule has 0 radical (unpaired) electrons. The van der Waals surface area contributed by atoms with Crippen LogP contribution in [0.1, 0.15) is 50.0 Å². The molecule has 3 unspecified atom stereocenters. The highest BCUT2D eigenvalue weighted by atomic mass is 16.5. The summed E-state index contributed by atoms with van der Waals surface area (Å²) < 4.78 is 5.55. The summed E-state index contributed by atoms with van der Waals surface area (Å²) in [5.41, 5.74) is 3.80. The van der Waals surface area contributed by atoms with E-state index < -0.39 is 6.10 Å². The average molecular weight is 248 g/mol. The van der Waals surface area contributed by atoms with E-state index in [0.29, 0.717) is 0 Å². The van der Waals surface area contributed by atoms with Gasteiger partial charge in [-0.25, -0.2) is 0 Å². The Kier molecular flexibility index (Phi) is 4.41. The quantitative estimate of drug-likeness (QED) is 0.886. The maximum atomic E-state index is 10.5. The SMILES string of the molecule is CCc1ccc(C(O)C2CCOC2C)cc1CC. The van der Waals surface area contributed by atoms with E-state index in [0.717, 1.165) is 31.4 Å². The second-order valence-electron chi connectivity index (χ2n) is 5.21. The highest BCUT2D eigenvalue weighted by Gasteiger charge is 2.31. The third-order valence-electron chi connectivity index (χ3n) is 4.17. The van der Waals surface area contributed by atoms with E-state index in [2.05, 4.69) is 39.0 Å². The molecule has 0 amide bonds. The third-order valence-corrected chi connectivity index (χ3v) is 4.17. The van der Waals surface area contributed by atoms with Crippen LogP contribution < -0.4 is 0 Å². The molecule has 1 heterocycles. The summed E-state index contributed by atoms with van der Waals surface area (Å²) in [6, 6.07) is 6.42. The first-order valence-corrected chi connectivity index (χ1v) is 7.08. The molecule has 2 rings (SSSR count). The van der Waals surface area contributed by atoms with Crippen LogP contribution in [0.5, 0.6) is 0 Å². The first kappa shape index (κ1) is 13.6. The predicted molar refractivity (Wildman–Crippen MR) is 73.7 cm³/mol. The molecule has 1 saturated heterocycles. The van der Waals surface area contributed by atoms with Crippen molar-refractivity contribution in [3.63, 3.8) is 0 Å². The summed E-state index contributed by atoms with van der Waals surface area (Å²) in [6.45, 7) is 7.18. The molecule has 1 aromatic rings. The number of rotatable bonds is 4. The zero-order valence-electron chi connectivity index (χ0n) is 11.6. The van der Waals surface area contributed by atoms with Gasteiger partial charge in [-0.1, -0.05) is 32.0 Å². The smallest absolute Gasteiger partial charge is 0.0843 e. The summed E-state index contributed by atoms with van der Waals surface area (Å²) >= 11 is 0. The van der Waals surface area contributed by atoms with Crippen molar-refractivity contribution in [2.75, 3.05) is 6.61 Å². The van der Waals surface area contributed by atoms with Gasteiger partial charge in [-0.05, 0) is 42.9 Å². The summed E-state index contributed by atoms with van der Waals surface area (Å²) in [5.74, 6) is 0.238. The van der Waals surface area contributed by atoms with Crippen molar-refractivity contribution in [3.8, 4) is 0 Å². The van der Waals surface area contributed by atoms with Crippen LogP contribution in [0, 0.1) is 5.92 Å². The molecule has 1 aliphatic heterocycles. The molecule has 1 aromatic carbocycles. The summed E-state index contributed by atoms with van der Waals surface area (Å²) in [4.78, 5) is 0. The minimum atomic E-state index is -0.390. The molecule has 1 fully saturated rings. The van der Waals surface area contributed by atoms with Crippen LogP contribution in [0.2, 0.25) is 0 Å². The second kappa shape index (κ2) is 5.85. The maximum absolute atomic E-state index is 10.5. The molecule has 0 bridgehead atoms. The van der Waals surface area contributed by atoms with Gasteiger partial charge >= 0.3 is 0 Å². The van der Waals surface area contributed by atoms with Crippen LogP contribution in [0.3, 0.4) is 0 Å². The second-order valence-corrected chi connectivity index (χ2v) is 5.21. The van der Waals surface area contributed by atoms with Crippen LogP contribution in [0.4, 0.5) is 0 Å². The van der Waals surface area contributed by atoms with Crippen molar-refractivity contribution >= 4 is 0 Å². The molecule has 0 aromatic heterocycles. The minimum Gasteiger partial charge on any atom is -0.388 e. The molecule has 3 atom stereocenters. The van der Waals surface area contributed by atoms with Gasteiger partial charge in [-0.2, -0.15) is 0 Å². The fourth-order valence-corrected chi connectivity index (χ4v) is 2.91. The van der Waals surface area contributed by atoms with E-state index in [9.17, 15) is 5.11 Å². The van der Waals surface area contributed by atoms with E-state index in [1.165, 1.54) is 11.1 Å². The molecule has 2 nitrogen and oxygen atoms in total. The Morgan fingerprint density at radius 1 is 1.28 bits per heavy atom. The number of benzene rings is 1. The Morgan fingerprint density at radius 3 is 2.56 bits per heavy atom. The molecule has 0 spiro atoms. The lowest BCUT2D eigenvalue weighted by atomic mass is 9.88. The summed E-state index contributed by atoms with van der Waals surface area (Å²) in [5, 5.41) is 10.5. The zero-order chi connectivity index (χ0) is 13.1. The van der Waals surface area contributed by atoms with Gasteiger partial charge in [0, 0.05) is 12.5 Å². The largest absolute Gasteiger partial charge is 0.388 e. The minimum absolute atomic E-state index is 0.163. The molecule has 100 valence electrons. The van der Waals surface area contributed by atoms with Crippen molar-refractivity contribution in [1.82, 2.24) is 0 Å². The van der Waals surface area contributed by atoms with Crippen molar-refractivity contribution < 1.29 is 9.84 Å². The fraction of sp³-hybridized carbons (Fsp3) is 0.625. The Morgan fingerprint density at radius 2 is 2.00 bits per heavy atom. The number of ether oxygens (including phenoxy) is 1. The number of hydrogen-bond acceptors (Lipinski definition) is 2. The third kappa shape index (κ3) is 2.60. The molecule has 2 heteroatoms. The standard InChI is InChI=1S/C16H24O2/c1-4-12-6-7-14(10-13(12)5-2)16(17)15-8-9-18-11(15)3/h6-7,10-11,15-17H,4-5,8-9H2,1-3H3. The summed E-state index contributed by atoms with van der Waals surface area (Å²) in [6.07, 6.45) is 2.82. The molecule has 1 aliphatic rings. The average Bonchev–Trinajstić information content (AvgIpc) is 2.83. The lowest BCUT2D eigenvalue weighted by molar-refractivity contribution is 0.0431. The molecule has 0 aliphatic carbocycles. The normalized spacial score (nSPS) is 25.3. The highest BCUT2D eigenvalue weighted by Crippen LogP contribution is 2.33. The molecule has 0 saturated carbocycles. The van der Waals surface area contributed by atoms with Gasteiger partial charge in [0.15, 0.2) is 0 Å². The highest BCUT2D eigenvalue weighted by molar-refractivity contribution is 5.33.